The second-order valence-electron chi connectivity index (χ2n) is 6.74. The van der Waals surface area contributed by atoms with Gasteiger partial charge in [0.2, 0.25) is 5.76 Å². The third-order valence-corrected chi connectivity index (χ3v) is 4.87. The average molecular weight is 445 g/mol. The Morgan fingerprint density at radius 3 is 2.48 bits per heavy atom. The molecule has 1 aromatic carbocycles. The van der Waals surface area contributed by atoms with E-state index in [1.165, 1.54) is 12.1 Å². The van der Waals surface area contributed by atoms with Crippen molar-refractivity contribution in [2.75, 3.05) is 6.54 Å². The fraction of sp³-hybridized carbons (Fsp3) is 0.238. The van der Waals surface area contributed by atoms with Gasteiger partial charge in [0.05, 0.1) is 11.0 Å². The second-order valence-corrected chi connectivity index (χ2v) is 7.73. The van der Waals surface area contributed by atoms with Crippen molar-refractivity contribution in [3.8, 4) is 5.75 Å². The molecule has 2 heterocycles. The molecule has 1 fully saturated rings. The molecule has 1 aliphatic heterocycles. The predicted molar refractivity (Wildman–Crippen MR) is 110 cm³/mol. The van der Waals surface area contributed by atoms with Crippen molar-refractivity contribution in [2.45, 2.75) is 26.6 Å². The maximum Gasteiger partial charge on any atom is 0.371 e. The van der Waals surface area contributed by atoms with Gasteiger partial charge in [-0.2, -0.15) is 0 Å². The lowest BCUT2D eigenvalue weighted by molar-refractivity contribution is -0.149. The van der Waals surface area contributed by atoms with E-state index in [1.54, 1.807) is 44.2 Å². The summed E-state index contributed by atoms with van der Waals surface area (Å²) in [6, 6.07) is 9.58. The Morgan fingerprint density at radius 2 is 1.87 bits per heavy atom. The molecule has 31 heavy (non-hydrogen) atoms. The molecule has 1 aliphatic rings. The molecule has 0 radical (unpaired) electrons. The third kappa shape index (κ3) is 5.76. The number of amides is 2. The number of carboxylic acid groups (broad SMARTS) is 1. The molecule has 9 nitrogen and oxygen atoms in total. The fourth-order valence-corrected chi connectivity index (χ4v) is 3.44. The summed E-state index contributed by atoms with van der Waals surface area (Å²) in [5, 5.41) is 8.32. The number of aromatic carboxylic acids is 1. The number of ether oxygens (including phenoxy) is 2. The van der Waals surface area contributed by atoms with Gasteiger partial charge >= 0.3 is 11.9 Å². The second kappa shape index (κ2) is 9.52. The van der Waals surface area contributed by atoms with Crippen LogP contribution < -0.4 is 4.74 Å². The van der Waals surface area contributed by atoms with Crippen LogP contribution in [-0.4, -0.2) is 45.7 Å². The molecule has 162 valence electrons. The lowest BCUT2D eigenvalue weighted by Crippen LogP contribution is -2.35. The molecular weight excluding hydrogens is 426 g/mol. The number of thioether (sulfide) groups is 1. The molecule has 3 rings (SSSR count). The Labute approximate surface area is 181 Å². The van der Waals surface area contributed by atoms with E-state index in [9.17, 15) is 19.2 Å². The Hall–Kier alpha value is -3.53. The van der Waals surface area contributed by atoms with Crippen LogP contribution in [0, 0.1) is 0 Å². The van der Waals surface area contributed by atoms with E-state index in [2.05, 4.69) is 0 Å². The van der Waals surface area contributed by atoms with Crippen molar-refractivity contribution in [1.29, 1.82) is 0 Å². The van der Waals surface area contributed by atoms with E-state index in [0.717, 1.165) is 16.7 Å². The number of benzene rings is 1. The summed E-state index contributed by atoms with van der Waals surface area (Å²) >= 11 is 0.753. The highest BCUT2D eigenvalue weighted by Gasteiger charge is 2.36. The molecule has 0 saturated carbocycles. The zero-order valence-electron chi connectivity index (χ0n) is 16.7. The summed E-state index contributed by atoms with van der Waals surface area (Å²) in [4.78, 5) is 48.2. The first-order valence-corrected chi connectivity index (χ1v) is 10.0. The van der Waals surface area contributed by atoms with Crippen molar-refractivity contribution >= 4 is 40.9 Å². The molecule has 0 atom stereocenters. The zero-order valence-corrected chi connectivity index (χ0v) is 17.5. The van der Waals surface area contributed by atoms with Gasteiger partial charge in [-0.3, -0.25) is 19.3 Å². The van der Waals surface area contributed by atoms with Crippen molar-refractivity contribution in [1.82, 2.24) is 4.90 Å². The maximum absolute atomic E-state index is 12.4. The monoisotopic (exact) mass is 445 g/mol. The van der Waals surface area contributed by atoms with E-state index in [4.69, 9.17) is 19.0 Å². The first kappa shape index (κ1) is 22.2. The standard InChI is InChI=1S/C21H19NO8S/c1-12(2)29-18(23)10-22-19(24)17(31-21(22)27)9-13-3-5-14(6-4-13)28-11-15-7-8-16(30-15)20(25)26/h3-9,12H,10-11H2,1-2H3,(H,25,26)/b17-9-. The van der Waals surface area contributed by atoms with Gasteiger partial charge in [0.15, 0.2) is 0 Å². The number of carboxylic acids is 1. The van der Waals surface area contributed by atoms with Crippen molar-refractivity contribution in [2.24, 2.45) is 0 Å². The molecule has 1 saturated heterocycles. The van der Waals surface area contributed by atoms with Crippen LogP contribution in [0.1, 0.15) is 35.7 Å². The minimum Gasteiger partial charge on any atom is -0.486 e. The molecule has 0 bridgehead atoms. The number of furan rings is 1. The predicted octanol–water partition coefficient (Wildman–Crippen LogP) is 3.54. The van der Waals surface area contributed by atoms with Crippen LogP contribution >= 0.6 is 11.8 Å². The number of rotatable bonds is 8. The van der Waals surface area contributed by atoms with E-state index in [-0.39, 0.29) is 23.4 Å². The normalized spacial score (nSPS) is 15.1. The minimum atomic E-state index is -1.16. The van der Waals surface area contributed by atoms with Crippen LogP contribution in [0.15, 0.2) is 45.7 Å². The summed E-state index contributed by atoms with van der Waals surface area (Å²) in [5.41, 5.74) is 0.661. The molecule has 2 amide bonds. The average Bonchev–Trinajstić information content (AvgIpc) is 3.28. The topological polar surface area (TPSA) is 123 Å². The first-order chi connectivity index (χ1) is 14.7. The van der Waals surface area contributed by atoms with Gasteiger partial charge in [0, 0.05) is 0 Å². The summed E-state index contributed by atoms with van der Waals surface area (Å²) in [6.45, 7) is 2.99. The fourth-order valence-electron chi connectivity index (χ4n) is 2.60. The van der Waals surface area contributed by atoms with Crippen LogP contribution in [0.3, 0.4) is 0 Å². The highest BCUT2D eigenvalue weighted by molar-refractivity contribution is 8.18. The number of hydrogen-bond donors (Lipinski definition) is 1. The molecule has 2 aromatic rings. The molecular formula is C21H19NO8S. The highest BCUT2D eigenvalue weighted by Crippen LogP contribution is 2.32. The summed E-state index contributed by atoms with van der Waals surface area (Å²) in [5.74, 6) is -1.64. The number of nitrogens with zero attached hydrogens (tertiary/aromatic N) is 1. The Kier molecular flexibility index (Phi) is 6.81. The molecule has 0 spiro atoms. The highest BCUT2D eigenvalue weighted by atomic mass is 32.2. The van der Waals surface area contributed by atoms with Crippen molar-refractivity contribution in [3.05, 3.63) is 58.4 Å². The number of carbonyl (C=O) groups is 4. The molecule has 10 heteroatoms. The minimum absolute atomic E-state index is 0.0536. The zero-order chi connectivity index (χ0) is 22.5. The third-order valence-electron chi connectivity index (χ3n) is 3.96. The number of hydrogen-bond acceptors (Lipinski definition) is 8. The smallest absolute Gasteiger partial charge is 0.371 e. The van der Waals surface area contributed by atoms with E-state index >= 15 is 0 Å². The molecule has 1 aromatic heterocycles. The van der Waals surface area contributed by atoms with E-state index < -0.39 is 29.6 Å². The Bertz CT molecular complexity index is 1040. The van der Waals surface area contributed by atoms with E-state index in [1.807, 2.05) is 0 Å². The molecule has 0 aliphatic carbocycles. The van der Waals surface area contributed by atoms with Gasteiger partial charge in [-0.25, -0.2) is 4.79 Å². The Morgan fingerprint density at radius 1 is 1.16 bits per heavy atom. The lowest BCUT2D eigenvalue weighted by Gasteiger charge is -2.13. The summed E-state index contributed by atoms with van der Waals surface area (Å²) < 4.78 is 15.6. The van der Waals surface area contributed by atoms with Crippen LogP contribution in [0.25, 0.3) is 6.08 Å². The number of esters is 1. The van der Waals surface area contributed by atoms with Gasteiger partial charge in [-0.05, 0) is 61.5 Å². The SMILES string of the molecule is CC(C)OC(=O)CN1C(=O)S/C(=C\c2ccc(OCc3ccc(C(=O)O)o3)cc2)C1=O. The quantitative estimate of drug-likeness (QED) is 0.480. The summed E-state index contributed by atoms with van der Waals surface area (Å²) in [6.07, 6.45) is 1.21. The van der Waals surface area contributed by atoms with Crippen LogP contribution in [0.2, 0.25) is 0 Å². The summed E-state index contributed by atoms with van der Waals surface area (Å²) in [7, 11) is 0. The van der Waals surface area contributed by atoms with Crippen LogP contribution in [-0.2, 0) is 20.9 Å². The van der Waals surface area contributed by atoms with Gasteiger partial charge in [-0.15, -0.1) is 0 Å². The molecule has 1 N–H and O–H groups in total. The van der Waals surface area contributed by atoms with Gasteiger partial charge in [-0.1, -0.05) is 12.1 Å². The molecule has 0 unspecified atom stereocenters. The van der Waals surface area contributed by atoms with Gasteiger partial charge in [0.1, 0.15) is 24.7 Å². The largest absolute Gasteiger partial charge is 0.486 e. The lowest BCUT2D eigenvalue weighted by atomic mass is 10.2. The van der Waals surface area contributed by atoms with Crippen LogP contribution in [0.5, 0.6) is 5.75 Å². The first-order valence-electron chi connectivity index (χ1n) is 9.22. The maximum atomic E-state index is 12.4. The number of carbonyl (C=O) groups excluding carboxylic acids is 3. The number of imide groups is 1. The van der Waals surface area contributed by atoms with Gasteiger partial charge in [0.25, 0.3) is 11.1 Å². The van der Waals surface area contributed by atoms with Crippen molar-refractivity contribution < 1.29 is 38.2 Å². The van der Waals surface area contributed by atoms with Crippen LogP contribution in [0.4, 0.5) is 4.79 Å². The van der Waals surface area contributed by atoms with Gasteiger partial charge < -0.3 is 19.0 Å². The van der Waals surface area contributed by atoms with E-state index in [0.29, 0.717) is 17.1 Å². The van der Waals surface area contributed by atoms with Crippen molar-refractivity contribution in [3.63, 3.8) is 0 Å². The Balaban J connectivity index is 1.60.